The van der Waals surface area contributed by atoms with Crippen LogP contribution < -0.4 is 10.1 Å². The highest BCUT2D eigenvalue weighted by atomic mass is 32.2. The number of carbonyl (C=O) groups is 1. The van der Waals surface area contributed by atoms with Gasteiger partial charge in [-0.05, 0) is 24.6 Å². The van der Waals surface area contributed by atoms with E-state index in [0.29, 0.717) is 11.4 Å². The van der Waals surface area contributed by atoms with Crippen LogP contribution in [0, 0.1) is 12.8 Å². The molecule has 1 aliphatic rings. The third-order valence-electron chi connectivity index (χ3n) is 3.30. The van der Waals surface area contributed by atoms with Crippen LogP contribution >= 0.6 is 0 Å². The molecule has 1 aromatic carbocycles. The molecular formula is C13H18N2O4S. The van der Waals surface area contributed by atoms with E-state index in [-0.39, 0.29) is 24.9 Å². The zero-order valence-corrected chi connectivity index (χ0v) is 12.5. The number of aryl methyl sites for hydroxylation is 1. The highest BCUT2D eigenvalue weighted by molar-refractivity contribution is 7.88. The maximum absolute atomic E-state index is 12.1. The van der Waals surface area contributed by atoms with Crippen LogP contribution in [0.25, 0.3) is 0 Å². The molecule has 1 fully saturated rings. The first kappa shape index (κ1) is 14.8. The Morgan fingerprint density at radius 2 is 2.05 bits per heavy atom. The molecule has 110 valence electrons. The summed E-state index contributed by atoms with van der Waals surface area (Å²) < 4.78 is 29.0. The van der Waals surface area contributed by atoms with Gasteiger partial charge < -0.3 is 10.1 Å². The minimum atomic E-state index is -3.20. The summed E-state index contributed by atoms with van der Waals surface area (Å²) >= 11 is 0. The second-order valence-corrected chi connectivity index (χ2v) is 6.95. The summed E-state index contributed by atoms with van der Waals surface area (Å²) in [6.07, 6.45) is 1.14. The number of carbonyl (C=O) groups excluding carboxylic acids is 1. The molecule has 6 nitrogen and oxygen atoms in total. The van der Waals surface area contributed by atoms with Crippen molar-refractivity contribution in [3.63, 3.8) is 0 Å². The Kier molecular flexibility index (Phi) is 4.01. The molecule has 0 spiro atoms. The maximum atomic E-state index is 12.1. The van der Waals surface area contributed by atoms with Gasteiger partial charge in [0.05, 0.1) is 25.0 Å². The van der Waals surface area contributed by atoms with Crippen LogP contribution in [0.4, 0.5) is 5.69 Å². The lowest BCUT2D eigenvalue weighted by molar-refractivity contribution is -0.122. The number of sulfonamides is 1. The molecule has 0 aromatic heterocycles. The van der Waals surface area contributed by atoms with Gasteiger partial charge in [-0.15, -0.1) is 0 Å². The molecule has 1 N–H and O–H groups in total. The van der Waals surface area contributed by atoms with Crippen molar-refractivity contribution in [3.8, 4) is 5.75 Å². The molecule has 0 saturated carbocycles. The minimum absolute atomic E-state index is 0.186. The van der Waals surface area contributed by atoms with Gasteiger partial charge in [-0.3, -0.25) is 4.79 Å². The molecule has 1 saturated heterocycles. The third kappa shape index (κ3) is 3.10. The molecule has 1 aromatic rings. The van der Waals surface area contributed by atoms with Crippen molar-refractivity contribution >= 4 is 21.6 Å². The molecule has 1 amide bonds. The van der Waals surface area contributed by atoms with Crippen molar-refractivity contribution in [1.82, 2.24) is 4.31 Å². The van der Waals surface area contributed by atoms with E-state index < -0.39 is 10.0 Å². The summed E-state index contributed by atoms with van der Waals surface area (Å²) in [6, 6.07) is 5.50. The fourth-order valence-electron chi connectivity index (χ4n) is 2.03. The van der Waals surface area contributed by atoms with Crippen molar-refractivity contribution in [3.05, 3.63) is 23.8 Å². The molecule has 0 atom stereocenters. The SMILES string of the molecule is COc1ccc(C)cc1NC(=O)C1CN(S(C)(=O)=O)C1. The number of benzene rings is 1. The van der Waals surface area contributed by atoms with Gasteiger partial charge in [-0.2, -0.15) is 0 Å². The third-order valence-corrected chi connectivity index (χ3v) is 4.54. The average molecular weight is 298 g/mol. The van der Waals surface area contributed by atoms with E-state index in [0.717, 1.165) is 11.8 Å². The van der Waals surface area contributed by atoms with E-state index in [1.54, 1.807) is 6.07 Å². The molecule has 20 heavy (non-hydrogen) atoms. The first-order valence-corrected chi connectivity index (χ1v) is 8.06. The van der Waals surface area contributed by atoms with Crippen LogP contribution in [0.2, 0.25) is 0 Å². The summed E-state index contributed by atoms with van der Waals surface area (Å²) in [5.74, 6) is 0.0898. The molecular weight excluding hydrogens is 280 g/mol. The number of hydrogen-bond acceptors (Lipinski definition) is 4. The van der Waals surface area contributed by atoms with E-state index in [2.05, 4.69) is 5.32 Å². The summed E-state index contributed by atoms with van der Waals surface area (Å²) in [5.41, 5.74) is 1.61. The lowest BCUT2D eigenvalue weighted by Crippen LogP contribution is -2.53. The van der Waals surface area contributed by atoms with Gasteiger partial charge in [-0.25, -0.2) is 12.7 Å². The molecule has 7 heteroatoms. The monoisotopic (exact) mass is 298 g/mol. The van der Waals surface area contributed by atoms with E-state index in [1.807, 2.05) is 19.1 Å². The number of rotatable bonds is 4. The van der Waals surface area contributed by atoms with E-state index in [9.17, 15) is 13.2 Å². The van der Waals surface area contributed by atoms with E-state index in [4.69, 9.17) is 4.74 Å². The largest absolute Gasteiger partial charge is 0.495 e. The zero-order valence-electron chi connectivity index (χ0n) is 11.7. The van der Waals surface area contributed by atoms with Gasteiger partial charge in [0.25, 0.3) is 0 Å². The Hall–Kier alpha value is -1.60. The van der Waals surface area contributed by atoms with Crippen LogP contribution in [0.1, 0.15) is 5.56 Å². The Morgan fingerprint density at radius 1 is 1.40 bits per heavy atom. The number of methoxy groups -OCH3 is 1. The summed E-state index contributed by atoms with van der Waals surface area (Å²) in [5, 5.41) is 2.79. The Morgan fingerprint density at radius 3 is 2.60 bits per heavy atom. The molecule has 0 bridgehead atoms. The van der Waals surface area contributed by atoms with Crippen molar-refractivity contribution in [2.24, 2.45) is 5.92 Å². The van der Waals surface area contributed by atoms with Gasteiger partial charge in [0.1, 0.15) is 5.75 Å². The Balaban J connectivity index is 2.02. The van der Waals surface area contributed by atoms with E-state index >= 15 is 0 Å². The number of amides is 1. The number of nitrogens with zero attached hydrogens (tertiary/aromatic N) is 1. The van der Waals surface area contributed by atoms with Gasteiger partial charge in [-0.1, -0.05) is 6.07 Å². The van der Waals surface area contributed by atoms with Crippen LogP contribution in [0.3, 0.4) is 0 Å². The standard InChI is InChI=1S/C13H18N2O4S/c1-9-4-5-12(19-2)11(6-9)14-13(16)10-7-15(8-10)20(3,17)18/h4-6,10H,7-8H2,1-3H3,(H,14,16). The molecule has 0 radical (unpaired) electrons. The molecule has 2 rings (SSSR count). The molecule has 1 aliphatic heterocycles. The number of anilines is 1. The van der Waals surface area contributed by atoms with Gasteiger partial charge in [0.2, 0.25) is 15.9 Å². The predicted molar refractivity (Wildman–Crippen MR) is 76.3 cm³/mol. The number of ether oxygens (including phenoxy) is 1. The lowest BCUT2D eigenvalue weighted by Gasteiger charge is -2.36. The lowest BCUT2D eigenvalue weighted by atomic mass is 10.0. The normalized spacial score (nSPS) is 16.6. The topological polar surface area (TPSA) is 75.7 Å². The smallest absolute Gasteiger partial charge is 0.230 e. The van der Waals surface area contributed by atoms with Crippen molar-refractivity contribution < 1.29 is 17.9 Å². The second kappa shape index (κ2) is 5.41. The van der Waals surface area contributed by atoms with Crippen LogP contribution in [0.5, 0.6) is 5.75 Å². The fourth-order valence-corrected chi connectivity index (χ4v) is 2.93. The molecule has 0 aliphatic carbocycles. The van der Waals surface area contributed by atoms with Crippen molar-refractivity contribution in [1.29, 1.82) is 0 Å². The first-order valence-electron chi connectivity index (χ1n) is 6.22. The molecule has 1 heterocycles. The molecule has 0 unspecified atom stereocenters. The Labute approximate surface area is 118 Å². The maximum Gasteiger partial charge on any atom is 0.230 e. The van der Waals surface area contributed by atoms with Crippen LogP contribution in [0.15, 0.2) is 18.2 Å². The predicted octanol–water partition coefficient (Wildman–Crippen LogP) is 0.834. The Bertz CT molecular complexity index is 621. The zero-order chi connectivity index (χ0) is 14.9. The highest BCUT2D eigenvalue weighted by Gasteiger charge is 2.37. The fraction of sp³-hybridized carbons (Fsp3) is 0.462. The van der Waals surface area contributed by atoms with Crippen LogP contribution in [-0.4, -0.2) is 45.1 Å². The number of hydrogen-bond donors (Lipinski definition) is 1. The van der Waals surface area contributed by atoms with Gasteiger partial charge >= 0.3 is 0 Å². The number of nitrogens with one attached hydrogen (secondary N) is 1. The summed E-state index contributed by atoms with van der Waals surface area (Å²) in [4.78, 5) is 12.1. The highest BCUT2D eigenvalue weighted by Crippen LogP contribution is 2.27. The average Bonchev–Trinajstić information content (AvgIpc) is 2.25. The minimum Gasteiger partial charge on any atom is -0.495 e. The van der Waals surface area contributed by atoms with E-state index in [1.165, 1.54) is 11.4 Å². The van der Waals surface area contributed by atoms with Gasteiger partial charge in [0.15, 0.2) is 0 Å². The summed E-state index contributed by atoms with van der Waals surface area (Å²) in [6.45, 7) is 2.39. The van der Waals surface area contributed by atoms with Crippen LogP contribution in [-0.2, 0) is 14.8 Å². The first-order chi connectivity index (χ1) is 9.31. The van der Waals surface area contributed by atoms with Crippen molar-refractivity contribution in [2.45, 2.75) is 6.92 Å². The quantitative estimate of drug-likeness (QED) is 0.893. The van der Waals surface area contributed by atoms with Gasteiger partial charge in [0, 0.05) is 13.1 Å². The van der Waals surface area contributed by atoms with Crippen molar-refractivity contribution in [2.75, 3.05) is 31.8 Å². The summed E-state index contributed by atoms with van der Waals surface area (Å²) in [7, 11) is -1.66. The second-order valence-electron chi connectivity index (χ2n) is 4.97.